The van der Waals surface area contributed by atoms with Crippen LogP contribution >= 0.6 is 12.6 Å². The van der Waals surface area contributed by atoms with Crippen molar-refractivity contribution in [2.75, 3.05) is 5.75 Å². The van der Waals surface area contributed by atoms with E-state index in [0.29, 0.717) is 12.2 Å². The lowest BCUT2D eigenvalue weighted by Crippen LogP contribution is -2.06. The third kappa shape index (κ3) is 3.96. The summed E-state index contributed by atoms with van der Waals surface area (Å²) < 4.78 is 5.48. The number of benzene rings is 1. The van der Waals surface area contributed by atoms with Crippen molar-refractivity contribution in [2.24, 2.45) is 0 Å². The predicted octanol–water partition coefficient (Wildman–Crippen LogP) is 2.98. The summed E-state index contributed by atoms with van der Waals surface area (Å²) in [6, 6.07) is 7.24. The highest BCUT2D eigenvalue weighted by molar-refractivity contribution is 7.80. The molecule has 0 aliphatic rings. The molecule has 15 heavy (non-hydrogen) atoms. The van der Waals surface area contributed by atoms with E-state index in [2.05, 4.69) is 12.6 Å². The average Bonchev–Trinajstić information content (AvgIpc) is 2.18. The summed E-state index contributed by atoms with van der Waals surface area (Å²) in [6.07, 6.45) is 0.636. The molecule has 0 aliphatic heterocycles. The van der Waals surface area contributed by atoms with Gasteiger partial charge in [0.25, 0.3) is 0 Å². The number of Topliss-reactive ketones (excluding diaryl/α,β-unsaturated/α-hetero) is 1. The maximum atomic E-state index is 11.5. The molecule has 0 saturated heterocycles. The molecule has 0 spiro atoms. The number of rotatable bonds is 5. The lowest BCUT2D eigenvalue weighted by Gasteiger charge is -2.09. The Kier molecular flexibility index (Phi) is 4.69. The highest BCUT2D eigenvalue weighted by atomic mass is 32.1. The monoisotopic (exact) mass is 224 g/mol. The van der Waals surface area contributed by atoms with Gasteiger partial charge in [0.15, 0.2) is 5.78 Å². The van der Waals surface area contributed by atoms with Gasteiger partial charge in [0, 0.05) is 12.0 Å². The van der Waals surface area contributed by atoms with E-state index in [1.54, 1.807) is 12.1 Å². The van der Waals surface area contributed by atoms with Crippen molar-refractivity contribution < 1.29 is 9.53 Å². The molecule has 0 atom stereocenters. The number of carbonyl (C=O) groups excluding carboxylic acids is 1. The molecule has 0 saturated carbocycles. The van der Waals surface area contributed by atoms with Crippen LogP contribution in [0.15, 0.2) is 24.3 Å². The first-order chi connectivity index (χ1) is 7.13. The lowest BCUT2D eigenvalue weighted by atomic mass is 10.1. The van der Waals surface area contributed by atoms with Crippen molar-refractivity contribution in [1.82, 2.24) is 0 Å². The van der Waals surface area contributed by atoms with Crippen LogP contribution in [0.1, 0.15) is 30.6 Å². The molecular weight excluding hydrogens is 208 g/mol. The molecule has 3 heteroatoms. The largest absolute Gasteiger partial charge is 0.491 e. The summed E-state index contributed by atoms with van der Waals surface area (Å²) in [5.74, 6) is 1.51. The quantitative estimate of drug-likeness (QED) is 0.614. The Labute approximate surface area is 96.1 Å². The molecule has 0 heterocycles. The Hall–Kier alpha value is -0.960. The van der Waals surface area contributed by atoms with Gasteiger partial charge in [-0.25, -0.2) is 0 Å². The van der Waals surface area contributed by atoms with Crippen LogP contribution in [-0.4, -0.2) is 17.6 Å². The molecule has 1 aromatic carbocycles. The van der Waals surface area contributed by atoms with Gasteiger partial charge in [0.2, 0.25) is 0 Å². The summed E-state index contributed by atoms with van der Waals surface area (Å²) in [5, 5.41) is 0. The highest BCUT2D eigenvalue weighted by Crippen LogP contribution is 2.14. The van der Waals surface area contributed by atoms with Gasteiger partial charge in [-0.3, -0.25) is 4.79 Å². The van der Waals surface area contributed by atoms with E-state index in [1.165, 1.54) is 0 Å². The van der Waals surface area contributed by atoms with Crippen molar-refractivity contribution in [3.05, 3.63) is 29.8 Å². The summed E-state index contributed by atoms with van der Waals surface area (Å²) in [4.78, 5) is 11.5. The van der Waals surface area contributed by atoms with Gasteiger partial charge < -0.3 is 4.74 Å². The SMILES string of the molecule is CC(C)Oc1ccc(C(=O)CCS)cc1. The third-order valence-electron chi connectivity index (χ3n) is 1.89. The van der Waals surface area contributed by atoms with E-state index in [4.69, 9.17) is 4.74 Å². The Bertz CT molecular complexity index is 317. The van der Waals surface area contributed by atoms with Crippen LogP contribution in [0.2, 0.25) is 0 Å². The normalized spacial score (nSPS) is 10.4. The smallest absolute Gasteiger partial charge is 0.163 e. The number of ether oxygens (including phenoxy) is 1. The van der Waals surface area contributed by atoms with Gasteiger partial charge in [-0.15, -0.1) is 0 Å². The van der Waals surface area contributed by atoms with E-state index >= 15 is 0 Å². The topological polar surface area (TPSA) is 26.3 Å². The van der Waals surface area contributed by atoms with Gasteiger partial charge in [0.05, 0.1) is 6.10 Å². The molecule has 0 bridgehead atoms. The van der Waals surface area contributed by atoms with Crippen LogP contribution in [0.5, 0.6) is 5.75 Å². The molecule has 82 valence electrons. The number of hydrogen-bond donors (Lipinski definition) is 1. The van der Waals surface area contributed by atoms with E-state index in [0.717, 1.165) is 11.3 Å². The second-order valence-corrected chi connectivity index (χ2v) is 4.03. The van der Waals surface area contributed by atoms with Crippen molar-refractivity contribution in [1.29, 1.82) is 0 Å². The van der Waals surface area contributed by atoms with Crippen LogP contribution in [-0.2, 0) is 0 Å². The lowest BCUT2D eigenvalue weighted by molar-refractivity contribution is 0.0989. The van der Waals surface area contributed by atoms with Gasteiger partial charge in [-0.05, 0) is 43.9 Å². The van der Waals surface area contributed by atoms with Crippen LogP contribution in [0.25, 0.3) is 0 Å². The van der Waals surface area contributed by atoms with Gasteiger partial charge in [-0.1, -0.05) is 0 Å². The fourth-order valence-corrected chi connectivity index (χ4v) is 1.44. The summed E-state index contributed by atoms with van der Waals surface area (Å²) in [7, 11) is 0. The van der Waals surface area contributed by atoms with E-state index in [-0.39, 0.29) is 11.9 Å². The van der Waals surface area contributed by atoms with Crippen molar-refractivity contribution in [3.8, 4) is 5.75 Å². The fraction of sp³-hybridized carbons (Fsp3) is 0.417. The van der Waals surface area contributed by atoms with Gasteiger partial charge in [0.1, 0.15) is 5.75 Å². The average molecular weight is 224 g/mol. The number of hydrogen-bond acceptors (Lipinski definition) is 3. The van der Waals surface area contributed by atoms with Crippen molar-refractivity contribution in [3.63, 3.8) is 0 Å². The maximum absolute atomic E-state index is 11.5. The van der Waals surface area contributed by atoms with E-state index in [1.807, 2.05) is 26.0 Å². The number of carbonyl (C=O) groups is 1. The summed E-state index contributed by atoms with van der Waals surface area (Å²) in [5.41, 5.74) is 0.722. The Morgan fingerprint density at radius 1 is 1.33 bits per heavy atom. The molecule has 0 unspecified atom stereocenters. The zero-order chi connectivity index (χ0) is 11.3. The molecule has 0 fully saturated rings. The van der Waals surface area contributed by atoms with Crippen LogP contribution in [0, 0.1) is 0 Å². The zero-order valence-corrected chi connectivity index (χ0v) is 9.96. The standard InChI is InChI=1S/C12H16O2S/c1-9(2)14-11-5-3-10(4-6-11)12(13)7-8-15/h3-6,9,15H,7-8H2,1-2H3. The van der Waals surface area contributed by atoms with Crippen LogP contribution in [0.3, 0.4) is 0 Å². The molecular formula is C12H16O2S. The first kappa shape index (κ1) is 12.1. The molecule has 0 radical (unpaired) electrons. The van der Waals surface area contributed by atoms with E-state index in [9.17, 15) is 4.79 Å². The Balaban J connectivity index is 2.67. The number of thiol groups is 1. The molecule has 0 aliphatic carbocycles. The minimum Gasteiger partial charge on any atom is -0.491 e. The number of ketones is 1. The summed E-state index contributed by atoms with van der Waals surface area (Å²) in [6.45, 7) is 3.94. The second-order valence-electron chi connectivity index (χ2n) is 3.59. The maximum Gasteiger partial charge on any atom is 0.163 e. The molecule has 0 amide bonds. The fourth-order valence-electron chi connectivity index (χ4n) is 1.24. The van der Waals surface area contributed by atoms with E-state index < -0.39 is 0 Å². The Morgan fingerprint density at radius 2 is 1.93 bits per heavy atom. The molecule has 1 aromatic rings. The molecule has 1 rings (SSSR count). The molecule has 2 nitrogen and oxygen atoms in total. The summed E-state index contributed by atoms with van der Waals surface area (Å²) >= 11 is 4.03. The van der Waals surface area contributed by atoms with Crippen LogP contribution in [0.4, 0.5) is 0 Å². The van der Waals surface area contributed by atoms with Crippen molar-refractivity contribution >= 4 is 18.4 Å². The van der Waals surface area contributed by atoms with Gasteiger partial charge in [-0.2, -0.15) is 12.6 Å². The molecule has 0 N–H and O–H groups in total. The zero-order valence-electron chi connectivity index (χ0n) is 9.06. The minimum absolute atomic E-state index is 0.126. The first-order valence-electron chi connectivity index (χ1n) is 5.04. The Morgan fingerprint density at radius 3 is 2.40 bits per heavy atom. The third-order valence-corrected chi connectivity index (χ3v) is 2.11. The molecule has 0 aromatic heterocycles. The second kappa shape index (κ2) is 5.81. The van der Waals surface area contributed by atoms with Gasteiger partial charge >= 0.3 is 0 Å². The highest BCUT2D eigenvalue weighted by Gasteiger charge is 2.04. The minimum atomic E-state index is 0.126. The van der Waals surface area contributed by atoms with Crippen LogP contribution < -0.4 is 4.74 Å². The first-order valence-corrected chi connectivity index (χ1v) is 5.67. The predicted molar refractivity (Wildman–Crippen MR) is 65.0 cm³/mol. The van der Waals surface area contributed by atoms with Crippen molar-refractivity contribution in [2.45, 2.75) is 26.4 Å².